The third kappa shape index (κ3) is 2.27. The fourth-order valence-corrected chi connectivity index (χ4v) is 3.07. The lowest BCUT2D eigenvalue weighted by Crippen LogP contribution is -2.36. The van der Waals surface area contributed by atoms with Crippen molar-refractivity contribution in [2.24, 2.45) is 0 Å². The zero-order valence-corrected chi connectivity index (χ0v) is 11.3. The van der Waals surface area contributed by atoms with Gasteiger partial charge >= 0.3 is 5.76 Å². The van der Waals surface area contributed by atoms with Crippen molar-refractivity contribution in [2.45, 2.75) is 31.7 Å². The molecule has 1 fully saturated rings. The molecule has 1 aliphatic carbocycles. The van der Waals surface area contributed by atoms with Crippen LogP contribution in [0.3, 0.4) is 0 Å². The molecule has 0 bridgehead atoms. The van der Waals surface area contributed by atoms with Crippen molar-refractivity contribution in [2.75, 3.05) is 23.8 Å². The molecule has 6 nitrogen and oxygen atoms in total. The largest absolute Gasteiger partial charge is 0.417 e. The van der Waals surface area contributed by atoms with Gasteiger partial charge in [-0.1, -0.05) is 12.8 Å². The molecule has 1 saturated carbocycles. The first-order chi connectivity index (χ1) is 9.69. The Balaban J connectivity index is 2.04. The number of benzene rings is 1. The van der Waals surface area contributed by atoms with E-state index in [2.05, 4.69) is 9.88 Å². The SMILES string of the molecule is Nc1cc2oc(=O)[nH]c2cc1N(CCO)C1CCCC1. The fourth-order valence-electron chi connectivity index (χ4n) is 3.07. The Morgan fingerprint density at radius 1 is 1.40 bits per heavy atom. The molecule has 1 aromatic heterocycles. The number of nitrogens with zero attached hydrogens (tertiary/aromatic N) is 1. The number of H-pyrrole nitrogens is 1. The first-order valence-corrected chi connectivity index (χ1v) is 6.99. The third-order valence-corrected chi connectivity index (χ3v) is 3.98. The molecule has 1 aliphatic rings. The molecule has 108 valence electrons. The Kier molecular flexibility index (Phi) is 3.40. The zero-order valence-electron chi connectivity index (χ0n) is 11.3. The lowest BCUT2D eigenvalue weighted by Gasteiger charge is -2.31. The molecule has 0 saturated heterocycles. The van der Waals surface area contributed by atoms with Crippen LogP contribution in [0.15, 0.2) is 21.3 Å². The molecule has 6 heteroatoms. The van der Waals surface area contributed by atoms with Crippen molar-refractivity contribution in [1.29, 1.82) is 0 Å². The van der Waals surface area contributed by atoms with Crippen LogP contribution in [0.4, 0.5) is 11.4 Å². The van der Waals surface area contributed by atoms with Crippen LogP contribution in [-0.2, 0) is 0 Å². The number of anilines is 2. The number of aromatic nitrogens is 1. The number of nitrogen functional groups attached to an aromatic ring is 1. The number of nitrogens with two attached hydrogens (primary N) is 1. The quantitative estimate of drug-likeness (QED) is 0.735. The summed E-state index contributed by atoms with van der Waals surface area (Å²) < 4.78 is 5.01. The molecular weight excluding hydrogens is 258 g/mol. The van der Waals surface area contributed by atoms with Gasteiger partial charge in [0.25, 0.3) is 0 Å². The van der Waals surface area contributed by atoms with Crippen LogP contribution in [-0.4, -0.2) is 29.3 Å². The summed E-state index contributed by atoms with van der Waals surface area (Å²) >= 11 is 0. The minimum atomic E-state index is -0.480. The number of fused-ring (bicyclic) bond motifs is 1. The van der Waals surface area contributed by atoms with E-state index in [1.165, 1.54) is 12.8 Å². The summed E-state index contributed by atoms with van der Waals surface area (Å²) in [5.74, 6) is -0.480. The van der Waals surface area contributed by atoms with Crippen molar-refractivity contribution >= 4 is 22.5 Å². The van der Waals surface area contributed by atoms with Gasteiger partial charge in [0.2, 0.25) is 0 Å². The van der Waals surface area contributed by atoms with Gasteiger partial charge in [-0.3, -0.25) is 4.98 Å². The van der Waals surface area contributed by atoms with Gasteiger partial charge in [-0.25, -0.2) is 4.79 Å². The molecule has 0 aliphatic heterocycles. The van der Waals surface area contributed by atoms with Gasteiger partial charge in [0.05, 0.1) is 23.5 Å². The van der Waals surface area contributed by atoms with Crippen molar-refractivity contribution in [1.82, 2.24) is 4.98 Å². The van der Waals surface area contributed by atoms with E-state index in [9.17, 15) is 9.90 Å². The van der Waals surface area contributed by atoms with E-state index in [1.807, 2.05) is 6.07 Å². The van der Waals surface area contributed by atoms with Gasteiger partial charge in [0.15, 0.2) is 5.58 Å². The Morgan fingerprint density at radius 3 is 2.85 bits per heavy atom. The average Bonchev–Trinajstić information content (AvgIpc) is 3.03. The maximum absolute atomic E-state index is 11.2. The number of hydrogen-bond donors (Lipinski definition) is 3. The minimum absolute atomic E-state index is 0.0792. The van der Waals surface area contributed by atoms with E-state index in [4.69, 9.17) is 10.2 Å². The molecule has 4 N–H and O–H groups in total. The van der Waals surface area contributed by atoms with E-state index in [0.29, 0.717) is 29.4 Å². The minimum Gasteiger partial charge on any atom is -0.408 e. The molecule has 0 spiro atoms. The molecule has 0 atom stereocenters. The van der Waals surface area contributed by atoms with Crippen LogP contribution < -0.4 is 16.4 Å². The van der Waals surface area contributed by atoms with Gasteiger partial charge in [-0.05, 0) is 18.9 Å². The van der Waals surface area contributed by atoms with Crippen LogP contribution in [0.5, 0.6) is 0 Å². The third-order valence-electron chi connectivity index (χ3n) is 3.98. The second-order valence-electron chi connectivity index (χ2n) is 5.28. The van der Waals surface area contributed by atoms with E-state index >= 15 is 0 Å². The Morgan fingerprint density at radius 2 is 2.15 bits per heavy atom. The van der Waals surface area contributed by atoms with Crippen LogP contribution >= 0.6 is 0 Å². The summed E-state index contributed by atoms with van der Waals surface area (Å²) in [5, 5.41) is 9.31. The number of oxazole rings is 1. The zero-order chi connectivity index (χ0) is 14.1. The highest BCUT2D eigenvalue weighted by Crippen LogP contribution is 2.33. The predicted octanol–water partition coefficient (Wildman–Crippen LogP) is 1.44. The summed E-state index contributed by atoms with van der Waals surface area (Å²) in [5.41, 5.74) is 8.63. The highest BCUT2D eigenvalue weighted by atomic mass is 16.4. The highest BCUT2D eigenvalue weighted by molar-refractivity contribution is 5.85. The standard InChI is InChI=1S/C14H19N3O3/c15-10-7-13-11(16-14(19)20-13)8-12(10)17(5-6-18)9-3-1-2-4-9/h7-9,18H,1-6,15H2,(H,16,19). The Hall–Kier alpha value is -1.95. The van der Waals surface area contributed by atoms with Crippen molar-refractivity contribution in [3.63, 3.8) is 0 Å². The van der Waals surface area contributed by atoms with E-state index < -0.39 is 5.76 Å². The molecule has 0 radical (unpaired) electrons. The topological polar surface area (TPSA) is 95.5 Å². The van der Waals surface area contributed by atoms with Crippen LogP contribution in [0.1, 0.15) is 25.7 Å². The van der Waals surface area contributed by atoms with Crippen molar-refractivity contribution in [3.8, 4) is 0 Å². The van der Waals surface area contributed by atoms with Gasteiger partial charge in [-0.2, -0.15) is 0 Å². The molecule has 2 aromatic rings. The normalized spacial score (nSPS) is 16.1. The summed E-state index contributed by atoms with van der Waals surface area (Å²) in [6.45, 7) is 0.623. The lowest BCUT2D eigenvalue weighted by atomic mass is 10.1. The average molecular weight is 277 g/mol. The first-order valence-electron chi connectivity index (χ1n) is 6.99. The summed E-state index contributed by atoms with van der Waals surface area (Å²) in [7, 11) is 0. The number of rotatable bonds is 4. The molecule has 1 heterocycles. The first kappa shape index (κ1) is 13.1. The van der Waals surface area contributed by atoms with Gasteiger partial charge in [0.1, 0.15) is 0 Å². The molecule has 0 amide bonds. The van der Waals surface area contributed by atoms with E-state index in [0.717, 1.165) is 18.5 Å². The van der Waals surface area contributed by atoms with Crippen LogP contribution in [0.25, 0.3) is 11.1 Å². The molecule has 3 rings (SSSR count). The molecule has 1 aromatic carbocycles. The maximum atomic E-state index is 11.2. The highest BCUT2D eigenvalue weighted by Gasteiger charge is 2.24. The molecular formula is C14H19N3O3. The number of aliphatic hydroxyl groups is 1. The van der Waals surface area contributed by atoms with Gasteiger partial charge in [0, 0.05) is 18.7 Å². The number of aromatic amines is 1. The molecule has 20 heavy (non-hydrogen) atoms. The Labute approximate surface area is 116 Å². The number of nitrogens with one attached hydrogen (secondary N) is 1. The second-order valence-corrected chi connectivity index (χ2v) is 5.28. The second kappa shape index (κ2) is 5.20. The van der Waals surface area contributed by atoms with Crippen molar-refractivity contribution in [3.05, 3.63) is 22.7 Å². The Bertz CT molecular complexity index is 655. The van der Waals surface area contributed by atoms with Crippen LogP contribution in [0.2, 0.25) is 0 Å². The van der Waals surface area contributed by atoms with Crippen LogP contribution in [0, 0.1) is 0 Å². The van der Waals surface area contributed by atoms with E-state index in [1.54, 1.807) is 6.07 Å². The lowest BCUT2D eigenvalue weighted by molar-refractivity contribution is 0.297. The van der Waals surface area contributed by atoms with Crippen molar-refractivity contribution < 1.29 is 9.52 Å². The summed E-state index contributed by atoms with van der Waals surface area (Å²) in [4.78, 5) is 16.0. The maximum Gasteiger partial charge on any atom is 0.417 e. The van der Waals surface area contributed by atoms with E-state index in [-0.39, 0.29) is 6.61 Å². The van der Waals surface area contributed by atoms with Gasteiger partial charge < -0.3 is 20.2 Å². The monoisotopic (exact) mass is 277 g/mol. The smallest absolute Gasteiger partial charge is 0.408 e. The predicted molar refractivity (Wildman–Crippen MR) is 77.9 cm³/mol. The number of aliphatic hydroxyl groups excluding tert-OH is 1. The van der Waals surface area contributed by atoms with Gasteiger partial charge in [-0.15, -0.1) is 0 Å². The fraction of sp³-hybridized carbons (Fsp3) is 0.500. The number of hydrogen-bond acceptors (Lipinski definition) is 5. The summed E-state index contributed by atoms with van der Waals surface area (Å²) in [6.07, 6.45) is 4.63. The molecule has 0 unspecified atom stereocenters. The summed E-state index contributed by atoms with van der Waals surface area (Å²) in [6, 6.07) is 3.91.